The van der Waals surface area contributed by atoms with Crippen molar-refractivity contribution in [1.82, 2.24) is 4.90 Å². The van der Waals surface area contributed by atoms with E-state index in [2.05, 4.69) is 9.62 Å². The molecule has 2 heterocycles. The van der Waals surface area contributed by atoms with E-state index >= 15 is 0 Å². The molecule has 7 nitrogen and oxygen atoms in total. The molecular weight excluding hydrogens is 581 g/mol. The van der Waals surface area contributed by atoms with Gasteiger partial charge >= 0.3 is 0 Å². The van der Waals surface area contributed by atoms with Crippen LogP contribution in [0.3, 0.4) is 0 Å². The standard InChI is InChI=1S/C28H26Cl3N3O4S/c29-22-7-5-20(17-24(22)31)19-9-11-34(12-10-19)28(35)21-6-8-23(30)27(18-21)39(36,37)32-25-3-1-2-4-26(25)33-13-15-38-16-14-33/h1-9,17-18,32H,10-16H2. The number of carbonyl (C=O) groups is 1. The molecule has 1 fully saturated rings. The number of ether oxygens (including phenoxy) is 1. The van der Waals surface area contributed by atoms with Gasteiger partial charge in [-0.2, -0.15) is 0 Å². The summed E-state index contributed by atoms with van der Waals surface area (Å²) >= 11 is 18.5. The van der Waals surface area contributed by atoms with Gasteiger partial charge in [0.15, 0.2) is 0 Å². The van der Waals surface area contributed by atoms with E-state index in [4.69, 9.17) is 39.5 Å². The lowest BCUT2D eigenvalue weighted by molar-refractivity contribution is 0.0772. The van der Waals surface area contributed by atoms with Crippen molar-refractivity contribution in [2.24, 2.45) is 0 Å². The van der Waals surface area contributed by atoms with Crippen LogP contribution in [0, 0.1) is 0 Å². The van der Waals surface area contributed by atoms with E-state index in [1.807, 2.05) is 30.3 Å². The monoisotopic (exact) mass is 605 g/mol. The Labute approximate surface area is 243 Å². The number of rotatable bonds is 6. The fourth-order valence-electron chi connectivity index (χ4n) is 4.68. The molecule has 0 saturated carbocycles. The van der Waals surface area contributed by atoms with Gasteiger partial charge in [-0.1, -0.05) is 59.1 Å². The highest BCUT2D eigenvalue weighted by Gasteiger charge is 2.25. The first-order valence-corrected chi connectivity index (χ1v) is 15.0. The Hall–Kier alpha value is -2.75. The van der Waals surface area contributed by atoms with Crippen molar-refractivity contribution in [2.75, 3.05) is 49.0 Å². The molecule has 0 bridgehead atoms. The van der Waals surface area contributed by atoms with Crippen LogP contribution in [-0.4, -0.2) is 58.6 Å². The van der Waals surface area contributed by atoms with Gasteiger partial charge < -0.3 is 14.5 Å². The number of benzene rings is 3. The second kappa shape index (κ2) is 11.8. The number of nitrogens with zero attached hydrogens (tertiary/aromatic N) is 2. The topological polar surface area (TPSA) is 79.0 Å². The second-order valence-corrected chi connectivity index (χ2v) is 12.1. The van der Waals surface area contributed by atoms with Crippen LogP contribution in [0.1, 0.15) is 22.3 Å². The molecule has 204 valence electrons. The molecule has 0 radical (unpaired) electrons. The smallest absolute Gasteiger partial charge is 0.263 e. The maximum atomic E-state index is 13.5. The average Bonchev–Trinajstić information content (AvgIpc) is 2.95. The highest BCUT2D eigenvalue weighted by atomic mass is 35.5. The Morgan fingerprint density at radius 1 is 0.872 bits per heavy atom. The summed E-state index contributed by atoms with van der Waals surface area (Å²) in [6, 6.07) is 17.0. The molecule has 0 aromatic heterocycles. The number of anilines is 2. The molecule has 3 aromatic carbocycles. The summed E-state index contributed by atoms with van der Waals surface area (Å²) in [4.78, 5) is 16.9. The molecule has 1 N–H and O–H groups in total. The van der Waals surface area contributed by atoms with Gasteiger partial charge in [0.25, 0.3) is 15.9 Å². The quantitative estimate of drug-likeness (QED) is 0.361. The molecule has 39 heavy (non-hydrogen) atoms. The molecule has 5 rings (SSSR count). The van der Waals surface area contributed by atoms with E-state index in [-0.39, 0.29) is 21.4 Å². The van der Waals surface area contributed by atoms with Crippen LogP contribution >= 0.6 is 34.8 Å². The first kappa shape index (κ1) is 27.8. The summed E-state index contributed by atoms with van der Waals surface area (Å²) in [6.45, 7) is 3.29. The van der Waals surface area contributed by atoms with E-state index in [9.17, 15) is 13.2 Å². The van der Waals surface area contributed by atoms with Gasteiger partial charge in [-0.25, -0.2) is 8.42 Å². The van der Waals surface area contributed by atoms with Crippen molar-refractivity contribution in [3.8, 4) is 0 Å². The predicted molar refractivity (Wildman–Crippen MR) is 157 cm³/mol. The summed E-state index contributed by atoms with van der Waals surface area (Å²) in [5.41, 5.74) is 3.46. The maximum absolute atomic E-state index is 13.5. The SMILES string of the molecule is O=C(c1ccc(Cl)c(S(=O)(=O)Nc2ccccc2N2CCOCC2)c1)N1CC=C(c2ccc(Cl)c(Cl)c2)CC1. The number of hydrogen-bond donors (Lipinski definition) is 1. The van der Waals surface area contributed by atoms with Gasteiger partial charge in [0.1, 0.15) is 4.90 Å². The Morgan fingerprint density at radius 3 is 2.33 bits per heavy atom. The summed E-state index contributed by atoms with van der Waals surface area (Å²) in [6.07, 6.45) is 2.60. The third kappa shape index (κ3) is 6.21. The second-order valence-electron chi connectivity index (χ2n) is 9.23. The third-order valence-electron chi connectivity index (χ3n) is 6.75. The van der Waals surface area contributed by atoms with Crippen molar-refractivity contribution in [2.45, 2.75) is 11.3 Å². The normalized spacial score (nSPS) is 16.1. The molecule has 2 aliphatic rings. The minimum Gasteiger partial charge on any atom is -0.378 e. The van der Waals surface area contributed by atoms with E-state index in [1.165, 1.54) is 12.1 Å². The lowest BCUT2D eigenvalue weighted by Gasteiger charge is -2.30. The summed E-state index contributed by atoms with van der Waals surface area (Å²) in [5, 5.41) is 0.995. The first-order chi connectivity index (χ1) is 18.7. The zero-order valence-electron chi connectivity index (χ0n) is 20.9. The molecule has 1 saturated heterocycles. The lowest BCUT2D eigenvalue weighted by atomic mass is 9.99. The van der Waals surface area contributed by atoms with Crippen molar-refractivity contribution in [3.05, 3.63) is 92.9 Å². The van der Waals surface area contributed by atoms with E-state index in [0.29, 0.717) is 61.5 Å². The van der Waals surface area contributed by atoms with Crippen LogP contribution in [0.4, 0.5) is 11.4 Å². The van der Waals surface area contributed by atoms with Gasteiger partial charge in [0, 0.05) is 31.7 Å². The molecular formula is C28H26Cl3N3O4S. The fraction of sp³-hybridized carbons (Fsp3) is 0.250. The molecule has 11 heteroatoms. The van der Waals surface area contributed by atoms with Gasteiger partial charge in [0.2, 0.25) is 0 Å². The van der Waals surface area contributed by atoms with Crippen molar-refractivity contribution < 1.29 is 17.9 Å². The molecule has 0 atom stereocenters. The van der Waals surface area contributed by atoms with Crippen LogP contribution in [0.15, 0.2) is 71.6 Å². The zero-order valence-corrected chi connectivity index (χ0v) is 24.0. The number of halogens is 3. The number of carbonyl (C=O) groups excluding carboxylic acids is 1. The maximum Gasteiger partial charge on any atom is 0.263 e. The molecule has 3 aromatic rings. The van der Waals surface area contributed by atoms with Gasteiger partial charge in [-0.05, 0) is 60.0 Å². The number of amides is 1. The number of sulfonamides is 1. The van der Waals surface area contributed by atoms with Crippen molar-refractivity contribution >= 4 is 67.7 Å². The average molecular weight is 607 g/mol. The number of hydrogen-bond acceptors (Lipinski definition) is 5. The molecule has 1 amide bonds. The number of morpholine rings is 1. The lowest BCUT2D eigenvalue weighted by Crippen LogP contribution is -2.36. The van der Waals surface area contributed by atoms with Gasteiger partial charge in [-0.3, -0.25) is 9.52 Å². The van der Waals surface area contributed by atoms with Gasteiger partial charge in [-0.15, -0.1) is 0 Å². The minimum absolute atomic E-state index is 0.0309. The van der Waals surface area contributed by atoms with Gasteiger partial charge in [0.05, 0.1) is 39.7 Å². The van der Waals surface area contributed by atoms with E-state index < -0.39 is 10.0 Å². The Balaban J connectivity index is 1.35. The highest BCUT2D eigenvalue weighted by Crippen LogP contribution is 2.32. The fourth-order valence-corrected chi connectivity index (χ4v) is 6.58. The molecule has 0 spiro atoms. The molecule has 0 unspecified atom stereocenters. The third-order valence-corrected chi connectivity index (χ3v) is 9.34. The largest absolute Gasteiger partial charge is 0.378 e. The minimum atomic E-state index is -4.09. The van der Waals surface area contributed by atoms with Crippen LogP contribution in [0.25, 0.3) is 5.57 Å². The molecule has 2 aliphatic heterocycles. The van der Waals surface area contributed by atoms with E-state index in [0.717, 1.165) is 16.8 Å². The highest BCUT2D eigenvalue weighted by molar-refractivity contribution is 7.92. The Kier molecular flexibility index (Phi) is 8.40. The van der Waals surface area contributed by atoms with Crippen molar-refractivity contribution in [3.63, 3.8) is 0 Å². The predicted octanol–water partition coefficient (Wildman–Crippen LogP) is 6.21. The number of nitrogens with one attached hydrogen (secondary N) is 1. The van der Waals surface area contributed by atoms with Crippen LogP contribution in [-0.2, 0) is 14.8 Å². The molecule has 0 aliphatic carbocycles. The van der Waals surface area contributed by atoms with Crippen LogP contribution < -0.4 is 9.62 Å². The summed E-state index contributed by atoms with van der Waals surface area (Å²) < 4.78 is 35.0. The first-order valence-electron chi connectivity index (χ1n) is 12.4. The zero-order chi connectivity index (χ0) is 27.6. The summed E-state index contributed by atoms with van der Waals surface area (Å²) in [5.74, 6) is -0.277. The summed E-state index contributed by atoms with van der Waals surface area (Å²) in [7, 11) is -4.09. The number of para-hydroxylation sites is 2. The van der Waals surface area contributed by atoms with Crippen LogP contribution in [0.2, 0.25) is 15.1 Å². The van der Waals surface area contributed by atoms with Crippen molar-refractivity contribution in [1.29, 1.82) is 0 Å². The Bertz CT molecular complexity index is 1540. The Morgan fingerprint density at radius 2 is 1.62 bits per heavy atom. The van der Waals surface area contributed by atoms with E-state index in [1.54, 1.807) is 29.2 Å². The van der Waals surface area contributed by atoms with Crippen LogP contribution in [0.5, 0.6) is 0 Å².